The van der Waals surface area contributed by atoms with Crippen molar-refractivity contribution >= 4 is 28.4 Å². The number of hydrogen-bond acceptors (Lipinski definition) is 3. The molecule has 0 bridgehead atoms. The first-order valence-corrected chi connectivity index (χ1v) is 7.79. The van der Waals surface area contributed by atoms with Crippen LogP contribution < -0.4 is 11.1 Å². The van der Waals surface area contributed by atoms with Crippen molar-refractivity contribution < 1.29 is 9.90 Å². The van der Waals surface area contributed by atoms with Gasteiger partial charge < -0.3 is 21.1 Å². The van der Waals surface area contributed by atoms with Gasteiger partial charge in [-0.15, -0.1) is 0 Å². The Morgan fingerprint density at radius 3 is 3.00 bits per heavy atom. The number of aliphatic hydroxyl groups is 1. The lowest BCUT2D eigenvalue weighted by Crippen LogP contribution is -2.54. The third-order valence-corrected chi connectivity index (χ3v) is 4.57. The number of benzene rings is 1. The van der Waals surface area contributed by atoms with Gasteiger partial charge in [-0.25, -0.2) is 0 Å². The Labute approximate surface area is 133 Å². The number of carbonyl (C=O) groups excluding carboxylic acids is 1. The lowest BCUT2D eigenvalue weighted by Gasteiger charge is -2.38. The molecule has 5 N–H and O–H groups in total. The van der Waals surface area contributed by atoms with Gasteiger partial charge in [-0.05, 0) is 50.5 Å². The van der Waals surface area contributed by atoms with Crippen LogP contribution in [0.25, 0.3) is 10.9 Å². The van der Waals surface area contributed by atoms with Crippen molar-refractivity contribution in [2.75, 3.05) is 0 Å². The monoisotopic (exact) mass is 321 g/mol. The summed E-state index contributed by atoms with van der Waals surface area (Å²) >= 11 is 5.95. The molecule has 2 aromatic rings. The first kappa shape index (κ1) is 15.3. The minimum absolute atomic E-state index is 0.122. The number of H-pyrrole nitrogens is 1. The summed E-state index contributed by atoms with van der Waals surface area (Å²) in [5.74, 6) is -0.186. The highest BCUT2D eigenvalue weighted by molar-refractivity contribution is 6.31. The number of aromatic amines is 1. The van der Waals surface area contributed by atoms with Crippen LogP contribution >= 0.6 is 11.6 Å². The molecule has 3 rings (SSSR count). The number of fused-ring (bicyclic) bond motifs is 1. The molecule has 1 unspecified atom stereocenters. The third-order valence-electron chi connectivity index (χ3n) is 4.33. The number of amides is 1. The average Bonchev–Trinajstić information content (AvgIpc) is 2.84. The topological polar surface area (TPSA) is 91.1 Å². The van der Waals surface area contributed by atoms with Gasteiger partial charge in [-0.1, -0.05) is 11.6 Å². The van der Waals surface area contributed by atoms with Gasteiger partial charge in [0.05, 0.1) is 5.60 Å². The second-order valence-corrected chi connectivity index (χ2v) is 6.83. The maximum Gasteiger partial charge on any atom is 0.268 e. The van der Waals surface area contributed by atoms with Crippen LogP contribution in [0, 0.1) is 0 Å². The molecule has 1 saturated carbocycles. The summed E-state index contributed by atoms with van der Waals surface area (Å²) in [7, 11) is 0. The van der Waals surface area contributed by atoms with Gasteiger partial charge in [0, 0.05) is 28.0 Å². The van der Waals surface area contributed by atoms with Crippen LogP contribution in [-0.2, 0) is 0 Å². The van der Waals surface area contributed by atoms with Crippen LogP contribution in [0.1, 0.15) is 36.7 Å². The van der Waals surface area contributed by atoms with E-state index in [0.717, 1.165) is 10.9 Å². The third kappa shape index (κ3) is 3.11. The van der Waals surface area contributed by atoms with E-state index in [4.69, 9.17) is 17.3 Å². The molecule has 22 heavy (non-hydrogen) atoms. The summed E-state index contributed by atoms with van der Waals surface area (Å²) in [4.78, 5) is 15.5. The van der Waals surface area contributed by atoms with E-state index in [2.05, 4.69) is 10.3 Å². The molecule has 1 aliphatic carbocycles. The van der Waals surface area contributed by atoms with Crippen molar-refractivity contribution in [1.82, 2.24) is 10.3 Å². The average molecular weight is 322 g/mol. The SMILES string of the molecule is CC1(O)CC[C@@H](NC(=O)c2cc3cc(Cl)ccc3[nH]2)[C@@H](N)C1. The van der Waals surface area contributed by atoms with Gasteiger partial charge in [0.1, 0.15) is 5.69 Å². The number of nitrogens with two attached hydrogens (primary N) is 1. The highest BCUT2D eigenvalue weighted by Crippen LogP contribution is 2.27. The zero-order chi connectivity index (χ0) is 15.9. The molecule has 3 atom stereocenters. The largest absolute Gasteiger partial charge is 0.390 e. The molecule has 1 aliphatic rings. The van der Waals surface area contributed by atoms with E-state index in [1.165, 1.54) is 0 Å². The molecular formula is C16H20ClN3O2. The summed E-state index contributed by atoms with van der Waals surface area (Å²) in [5, 5.41) is 14.5. The Kier molecular flexibility index (Phi) is 3.89. The lowest BCUT2D eigenvalue weighted by molar-refractivity contribution is 0.00617. The van der Waals surface area contributed by atoms with Crippen molar-refractivity contribution in [3.8, 4) is 0 Å². The van der Waals surface area contributed by atoms with E-state index in [9.17, 15) is 9.90 Å². The number of nitrogens with one attached hydrogen (secondary N) is 2. The van der Waals surface area contributed by atoms with Crippen LogP contribution in [0.3, 0.4) is 0 Å². The molecule has 1 aromatic heterocycles. The van der Waals surface area contributed by atoms with Gasteiger partial charge in [0.2, 0.25) is 0 Å². The number of aromatic nitrogens is 1. The minimum Gasteiger partial charge on any atom is -0.390 e. The van der Waals surface area contributed by atoms with Crippen molar-refractivity contribution in [2.45, 2.75) is 43.9 Å². The molecule has 118 valence electrons. The Hall–Kier alpha value is -1.56. The fraction of sp³-hybridized carbons (Fsp3) is 0.438. The van der Waals surface area contributed by atoms with E-state index < -0.39 is 5.60 Å². The van der Waals surface area contributed by atoms with E-state index in [1.807, 2.05) is 12.1 Å². The summed E-state index contributed by atoms with van der Waals surface area (Å²) in [6.07, 6.45) is 1.79. The number of rotatable bonds is 2. The summed E-state index contributed by atoms with van der Waals surface area (Å²) in [5.41, 5.74) is 6.69. The zero-order valence-corrected chi connectivity index (χ0v) is 13.2. The molecule has 1 amide bonds. The van der Waals surface area contributed by atoms with Gasteiger partial charge in [-0.2, -0.15) is 0 Å². The number of carbonyl (C=O) groups is 1. The Bertz CT molecular complexity index is 710. The molecule has 1 aromatic carbocycles. The molecule has 6 heteroatoms. The predicted octanol–water partition coefficient (Wildman–Crippen LogP) is 2.18. The fourth-order valence-electron chi connectivity index (χ4n) is 3.08. The highest BCUT2D eigenvalue weighted by atomic mass is 35.5. The molecule has 5 nitrogen and oxygen atoms in total. The second kappa shape index (κ2) is 5.57. The molecule has 0 spiro atoms. The van der Waals surface area contributed by atoms with Crippen LogP contribution in [0.4, 0.5) is 0 Å². The zero-order valence-electron chi connectivity index (χ0n) is 12.4. The summed E-state index contributed by atoms with van der Waals surface area (Å²) < 4.78 is 0. The Morgan fingerprint density at radius 2 is 2.27 bits per heavy atom. The van der Waals surface area contributed by atoms with Crippen molar-refractivity contribution in [3.05, 3.63) is 35.0 Å². The minimum atomic E-state index is -0.738. The predicted molar refractivity (Wildman–Crippen MR) is 87.0 cm³/mol. The van der Waals surface area contributed by atoms with Gasteiger partial charge >= 0.3 is 0 Å². The van der Waals surface area contributed by atoms with Gasteiger partial charge in [0.15, 0.2) is 0 Å². The second-order valence-electron chi connectivity index (χ2n) is 6.40. The molecule has 0 radical (unpaired) electrons. The van der Waals surface area contributed by atoms with Crippen molar-refractivity contribution in [2.24, 2.45) is 5.73 Å². The van der Waals surface area contributed by atoms with Crippen LogP contribution in [0.2, 0.25) is 5.02 Å². The van der Waals surface area contributed by atoms with Gasteiger partial charge in [-0.3, -0.25) is 4.79 Å². The standard InChI is InChI=1S/C16H20ClN3O2/c1-16(22)5-4-13(11(18)8-16)20-15(21)14-7-9-6-10(17)2-3-12(9)19-14/h2-3,6-7,11,13,19,22H,4-5,8,18H2,1H3,(H,20,21)/t11-,13+,16?/m0/s1. The highest BCUT2D eigenvalue weighted by Gasteiger charge is 2.35. The van der Waals surface area contributed by atoms with Crippen molar-refractivity contribution in [3.63, 3.8) is 0 Å². The quantitative estimate of drug-likeness (QED) is 0.683. The van der Waals surface area contributed by atoms with E-state index in [-0.39, 0.29) is 18.0 Å². The molecule has 1 heterocycles. The molecule has 0 saturated heterocycles. The van der Waals surface area contributed by atoms with E-state index in [0.29, 0.717) is 30.0 Å². The summed E-state index contributed by atoms with van der Waals surface area (Å²) in [6, 6.07) is 6.85. The molecular weight excluding hydrogens is 302 g/mol. The Balaban J connectivity index is 1.73. The van der Waals surface area contributed by atoms with Crippen LogP contribution in [0.15, 0.2) is 24.3 Å². The fourth-order valence-corrected chi connectivity index (χ4v) is 3.26. The Morgan fingerprint density at radius 1 is 1.50 bits per heavy atom. The number of hydrogen-bond donors (Lipinski definition) is 4. The van der Waals surface area contributed by atoms with E-state index >= 15 is 0 Å². The first-order chi connectivity index (χ1) is 10.3. The maximum atomic E-state index is 12.4. The summed E-state index contributed by atoms with van der Waals surface area (Å²) in [6.45, 7) is 1.78. The first-order valence-electron chi connectivity index (χ1n) is 7.41. The molecule has 1 fully saturated rings. The van der Waals surface area contributed by atoms with Crippen LogP contribution in [-0.4, -0.2) is 33.7 Å². The number of halogens is 1. The van der Waals surface area contributed by atoms with E-state index in [1.54, 1.807) is 19.1 Å². The van der Waals surface area contributed by atoms with Crippen molar-refractivity contribution in [1.29, 1.82) is 0 Å². The lowest BCUT2D eigenvalue weighted by atomic mass is 9.80. The maximum absolute atomic E-state index is 12.4. The van der Waals surface area contributed by atoms with Gasteiger partial charge in [0.25, 0.3) is 5.91 Å². The van der Waals surface area contributed by atoms with Crippen LogP contribution in [0.5, 0.6) is 0 Å². The smallest absolute Gasteiger partial charge is 0.268 e. The molecule has 0 aliphatic heterocycles. The normalized spacial score (nSPS) is 28.7.